The van der Waals surface area contributed by atoms with Gasteiger partial charge >= 0.3 is 5.97 Å². The molecule has 2 aromatic carbocycles. The summed E-state index contributed by atoms with van der Waals surface area (Å²) in [6.45, 7) is 8.28. The van der Waals surface area contributed by atoms with Crippen molar-refractivity contribution < 1.29 is 24.2 Å². The van der Waals surface area contributed by atoms with Crippen molar-refractivity contribution in [3.8, 4) is 0 Å². The molecule has 2 aromatic rings. The average Bonchev–Trinajstić information content (AvgIpc) is 2.95. The van der Waals surface area contributed by atoms with E-state index in [-0.39, 0.29) is 31.7 Å². The molecule has 1 fully saturated rings. The fraction of sp³-hybridized carbons (Fsp3) is 0.483. The van der Waals surface area contributed by atoms with Crippen LogP contribution in [0.4, 0.5) is 5.69 Å². The summed E-state index contributed by atoms with van der Waals surface area (Å²) in [5.74, 6) is -1.47. The highest BCUT2D eigenvalue weighted by Gasteiger charge is 2.32. The van der Waals surface area contributed by atoms with Crippen molar-refractivity contribution >= 4 is 46.8 Å². The van der Waals surface area contributed by atoms with Crippen molar-refractivity contribution in [3.05, 3.63) is 64.7 Å². The number of thioether (sulfide) groups is 1. The van der Waals surface area contributed by atoms with Crippen molar-refractivity contribution in [3.63, 3.8) is 0 Å². The molecule has 1 aliphatic rings. The minimum absolute atomic E-state index is 0.0308. The quantitative estimate of drug-likeness (QED) is 0.322. The number of piperazine rings is 1. The minimum Gasteiger partial charge on any atom is -0.480 e. The third-order valence-electron chi connectivity index (χ3n) is 6.60. The van der Waals surface area contributed by atoms with Crippen LogP contribution >= 0.6 is 23.4 Å². The molecule has 1 aliphatic heterocycles. The van der Waals surface area contributed by atoms with E-state index in [1.807, 2.05) is 43.0 Å². The summed E-state index contributed by atoms with van der Waals surface area (Å²) in [5.41, 5.74) is 7.81. The normalized spacial score (nSPS) is 14.8. The number of rotatable bonds is 14. The lowest BCUT2D eigenvalue weighted by molar-refractivity contribution is -0.139. The molecular formula is C29H39ClN4O5S. The first-order chi connectivity index (χ1) is 19.2. The molecule has 40 heavy (non-hydrogen) atoms. The van der Waals surface area contributed by atoms with Crippen LogP contribution in [0.15, 0.2) is 48.5 Å². The lowest BCUT2D eigenvalue weighted by Gasteiger charge is -2.35. The molecule has 0 saturated carbocycles. The van der Waals surface area contributed by atoms with Crippen LogP contribution in [-0.2, 0) is 20.7 Å². The predicted octanol–water partition coefficient (Wildman–Crippen LogP) is 3.24. The number of anilines is 1. The highest BCUT2D eigenvalue weighted by molar-refractivity contribution is 8.01. The standard InChI is InChI=1S/C29H39ClN4O5S/c1-21(2)39-19-18-34(28(36)26(29(37)38)40-20-12-31)25-9-5-23(6-10-25)27(35)33-16-14-32(15-17-33)13-11-22-3-7-24(30)8-4-22/h3-10,21,26H,11-20,31H2,1-2H3,(H,37,38)/t26-/m0/s1. The molecule has 3 rings (SSSR count). The minimum atomic E-state index is -1.28. The van der Waals surface area contributed by atoms with Crippen molar-refractivity contribution in [2.24, 2.45) is 5.73 Å². The number of benzene rings is 2. The Balaban J connectivity index is 1.61. The van der Waals surface area contributed by atoms with E-state index in [0.29, 0.717) is 30.1 Å². The zero-order valence-electron chi connectivity index (χ0n) is 23.1. The van der Waals surface area contributed by atoms with Gasteiger partial charge in [0, 0.05) is 67.8 Å². The maximum absolute atomic E-state index is 13.3. The number of carboxylic acid groups (broad SMARTS) is 1. The van der Waals surface area contributed by atoms with Crippen LogP contribution in [-0.4, -0.2) is 102 Å². The molecule has 9 nitrogen and oxygen atoms in total. The number of hydrogen-bond donors (Lipinski definition) is 2. The van der Waals surface area contributed by atoms with E-state index in [2.05, 4.69) is 4.90 Å². The van der Waals surface area contributed by atoms with E-state index in [1.54, 1.807) is 24.3 Å². The van der Waals surface area contributed by atoms with E-state index in [9.17, 15) is 19.5 Å². The Morgan fingerprint density at radius 1 is 1.05 bits per heavy atom. The van der Waals surface area contributed by atoms with E-state index < -0.39 is 17.1 Å². The number of carbonyl (C=O) groups excluding carboxylic acids is 2. The zero-order chi connectivity index (χ0) is 29.1. The van der Waals surface area contributed by atoms with E-state index >= 15 is 0 Å². The highest BCUT2D eigenvalue weighted by Crippen LogP contribution is 2.22. The molecule has 218 valence electrons. The average molecular weight is 591 g/mol. The molecule has 0 radical (unpaired) electrons. The van der Waals surface area contributed by atoms with Gasteiger partial charge in [0.2, 0.25) is 0 Å². The summed E-state index contributed by atoms with van der Waals surface area (Å²) < 4.78 is 5.62. The number of aliphatic carboxylic acids is 1. The van der Waals surface area contributed by atoms with Gasteiger partial charge in [-0.3, -0.25) is 19.3 Å². The first-order valence-corrected chi connectivity index (χ1v) is 15.0. The molecule has 0 spiro atoms. The summed E-state index contributed by atoms with van der Waals surface area (Å²) in [6.07, 6.45) is 0.897. The smallest absolute Gasteiger partial charge is 0.326 e. The van der Waals surface area contributed by atoms with Gasteiger partial charge in [-0.2, -0.15) is 0 Å². The number of carbonyl (C=O) groups is 3. The Labute approximate surface area is 245 Å². The molecule has 0 aromatic heterocycles. The zero-order valence-corrected chi connectivity index (χ0v) is 24.7. The van der Waals surface area contributed by atoms with Crippen LogP contribution in [0.3, 0.4) is 0 Å². The molecule has 0 aliphatic carbocycles. The summed E-state index contributed by atoms with van der Waals surface area (Å²) in [7, 11) is 0. The first kappa shape index (κ1) is 31.9. The van der Waals surface area contributed by atoms with Gasteiger partial charge in [0.15, 0.2) is 5.25 Å². The fourth-order valence-electron chi connectivity index (χ4n) is 4.40. The van der Waals surface area contributed by atoms with Crippen LogP contribution in [0.25, 0.3) is 0 Å². The van der Waals surface area contributed by atoms with Gasteiger partial charge in [0.05, 0.1) is 12.7 Å². The molecule has 1 saturated heterocycles. The number of amides is 2. The Kier molecular flexibility index (Phi) is 12.7. The van der Waals surface area contributed by atoms with Crippen LogP contribution in [0.1, 0.15) is 29.8 Å². The number of carboxylic acids is 1. The Hall–Kier alpha value is -2.63. The van der Waals surface area contributed by atoms with Gasteiger partial charge in [-0.05, 0) is 62.2 Å². The van der Waals surface area contributed by atoms with Crippen LogP contribution in [0, 0.1) is 0 Å². The topological polar surface area (TPSA) is 116 Å². The largest absolute Gasteiger partial charge is 0.480 e. The van der Waals surface area contributed by atoms with E-state index in [1.165, 1.54) is 10.5 Å². The Morgan fingerprint density at radius 3 is 2.27 bits per heavy atom. The SMILES string of the molecule is CC(C)OCCN(C(=O)[C@H](SCCN)C(=O)O)c1ccc(C(=O)N2CCN(CCc3ccc(Cl)cc3)CC2)cc1. The lowest BCUT2D eigenvalue weighted by atomic mass is 10.1. The molecule has 1 heterocycles. The van der Waals surface area contributed by atoms with Crippen LogP contribution in [0.2, 0.25) is 5.02 Å². The maximum Gasteiger partial charge on any atom is 0.326 e. The number of nitrogens with two attached hydrogens (primary N) is 1. The van der Waals surface area contributed by atoms with Crippen molar-refractivity contribution in [2.45, 2.75) is 31.6 Å². The Morgan fingerprint density at radius 2 is 1.70 bits per heavy atom. The number of hydrogen-bond acceptors (Lipinski definition) is 7. The van der Waals surface area contributed by atoms with Gasteiger partial charge in [-0.25, -0.2) is 0 Å². The Bertz CT molecular complexity index is 1110. The molecular weight excluding hydrogens is 552 g/mol. The molecule has 0 unspecified atom stereocenters. The predicted molar refractivity (Wildman–Crippen MR) is 160 cm³/mol. The van der Waals surface area contributed by atoms with Gasteiger partial charge < -0.3 is 25.4 Å². The lowest BCUT2D eigenvalue weighted by Crippen LogP contribution is -2.49. The van der Waals surface area contributed by atoms with Crippen LogP contribution in [0.5, 0.6) is 0 Å². The number of halogens is 1. The second-order valence-electron chi connectivity index (χ2n) is 9.84. The van der Waals surface area contributed by atoms with E-state index in [4.69, 9.17) is 22.1 Å². The molecule has 11 heteroatoms. The second-order valence-corrected chi connectivity index (χ2v) is 11.5. The molecule has 2 amide bonds. The van der Waals surface area contributed by atoms with E-state index in [0.717, 1.165) is 42.8 Å². The monoisotopic (exact) mass is 590 g/mol. The molecule has 0 bridgehead atoms. The third-order valence-corrected chi connectivity index (χ3v) is 8.06. The second kappa shape index (κ2) is 16.0. The van der Waals surface area contributed by atoms with Gasteiger partial charge in [-0.1, -0.05) is 23.7 Å². The van der Waals surface area contributed by atoms with Gasteiger partial charge in [0.1, 0.15) is 0 Å². The fourth-order valence-corrected chi connectivity index (χ4v) is 5.31. The first-order valence-electron chi connectivity index (χ1n) is 13.5. The third kappa shape index (κ3) is 9.49. The molecule has 3 N–H and O–H groups in total. The number of ether oxygens (including phenoxy) is 1. The van der Waals surface area contributed by atoms with Crippen molar-refractivity contribution in [1.82, 2.24) is 9.80 Å². The summed E-state index contributed by atoms with van der Waals surface area (Å²) in [4.78, 5) is 43.9. The summed E-state index contributed by atoms with van der Waals surface area (Å²) in [6, 6.07) is 14.6. The van der Waals surface area contributed by atoms with Crippen molar-refractivity contribution in [1.29, 1.82) is 0 Å². The summed E-state index contributed by atoms with van der Waals surface area (Å²) >= 11 is 6.97. The maximum atomic E-state index is 13.3. The molecule has 1 atom stereocenters. The van der Waals surface area contributed by atoms with Crippen molar-refractivity contribution in [2.75, 3.05) is 63.1 Å². The number of nitrogens with zero attached hydrogens (tertiary/aromatic N) is 3. The van der Waals surface area contributed by atoms with Gasteiger partial charge in [0.25, 0.3) is 11.8 Å². The van der Waals surface area contributed by atoms with Gasteiger partial charge in [-0.15, -0.1) is 11.8 Å². The highest BCUT2D eigenvalue weighted by atomic mass is 35.5. The summed E-state index contributed by atoms with van der Waals surface area (Å²) in [5, 5.41) is 9.12. The van der Waals surface area contributed by atoms with Crippen LogP contribution < -0.4 is 10.6 Å².